The van der Waals surface area contributed by atoms with E-state index in [1.54, 1.807) is 0 Å². The molecule has 0 atom stereocenters. The highest BCUT2D eigenvalue weighted by atomic mass is 32.1. The first-order chi connectivity index (χ1) is 21.8. The Kier molecular flexibility index (Phi) is 5.75. The van der Waals surface area contributed by atoms with E-state index in [4.69, 9.17) is 0 Å². The minimum absolute atomic E-state index is 1.13. The Hall–Kier alpha value is -5.44. The van der Waals surface area contributed by atoms with Crippen LogP contribution in [0.4, 0.5) is 17.1 Å². The number of thiophene rings is 1. The first-order valence-corrected chi connectivity index (χ1v) is 15.8. The molecule has 0 aliphatic rings. The van der Waals surface area contributed by atoms with Crippen molar-refractivity contribution >= 4 is 80.9 Å². The summed E-state index contributed by atoms with van der Waals surface area (Å²) in [4.78, 5) is 2.39. The third kappa shape index (κ3) is 4.07. The van der Waals surface area contributed by atoms with Gasteiger partial charge in [0.1, 0.15) is 0 Å². The van der Waals surface area contributed by atoms with Gasteiger partial charge < -0.3 is 4.90 Å². The van der Waals surface area contributed by atoms with E-state index in [-0.39, 0.29) is 0 Å². The van der Waals surface area contributed by atoms with Crippen LogP contribution in [0, 0.1) is 0 Å². The number of hydrogen-bond acceptors (Lipinski definition) is 2. The molecule has 0 aliphatic heterocycles. The van der Waals surface area contributed by atoms with Crippen LogP contribution in [0.2, 0.25) is 0 Å². The van der Waals surface area contributed by atoms with Crippen LogP contribution in [-0.2, 0) is 0 Å². The van der Waals surface area contributed by atoms with Gasteiger partial charge in [-0.2, -0.15) is 0 Å². The number of fused-ring (bicyclic) bond motifs is 8. The standard InChI is InChI=1S/C42H27NS/c1-2-8-28(9-3-1)29-16-20-33(21-17-29)43(35-22-18-31-15-14-30-10-4-5-11-36(30)40(31)27-35)34-23-25-37-32(26-34)19-24-39-38-12-6-7-13-41(38)44-42(37)39/h1-27H. The maximum atomic E-state index is 2.39. The lowest BCUT2D eigenvalue weighted by atomic mass is 10.0. The minimum atomic E-state index is 1.13. The molecule has 1 heterocycles. The summed E-state index contributed by atoms with van der Waals surface area (Å²) in [6.07, 6.45) is 0. The zero-order valence-corrected chi connectivity index (χ0v) is 24.8. The largest absolute Gasteiger partial charge is 0.310 e. The first-order valence-electron chi connectivity index (χ1n) is 15.0. The molecule has 2 heteroatoms. The van der Waals surface area contributed by atoms with Gasteiger partial charge in [0, 0.05) is 37.2 Å². The van der Waals surface area contributed by atoms with E-state index in [1.165, 1.54) is 63.6 Å². The fourth-order valence-electron chi connectivity index (χ4n) is 6.65. The molecule has 0 radical (unpaired) electrons. The molecule has 1 aromatic heterocycles. The Labute approximate surface area is 259 Å². The number of benzene rings is 8. The number of rotatable bonds is 4. The number of hydrogen-bond donors (Lipinski definition) is 0. The third-order valence-corrected chi connectivity index (χ3v) is 10.0. The maximum Gasteiger partial charge on any atom is 0.0468 e. The molecule has 0 aliphatic carbocycles. The summed E-state index contributed by atoms with van der Waals surface area (Å²) in [5.41, 5.74) is 5.85. The monoisotopic (exact) mass is 577 g/mol. The van der Waals surface area contributed by atoms with Crippen LogP contribution in [0.5, 0.6) is 0 Å². The fraction of sp³-hybridized carbons (Fsp3) is 0. The predicted molar refractivity (Wildman–Crippen MR) is 192 cm³/mol. The topological polar surface area (TPSA) is 3.24 Å². The Balaban J connectivity index is 1.24. The van der Waals surface area contributed by atoms with Crippen molar-refractivity contribution in [3.8, 4) is 11.1 Å². The smallest absolute Gasteiger partial charge is 0.0468 e. The molecule has 0 amide bonds. The second kappa shape index (κ2) is 10.1. The van der Waals surface area contributed by atoms with E-state index in [2.05, 4.69) is 169 Å². The lowest BCUT2D eigenvalue weighted by Crippen LogP contribution is -2.10. The zero-order chi connectivity index (χ0) is 29.0. The average Bonchev–Trinajstić information content (AvgIpc) is 3.48. The Morgan fingerprint density at radius 3 is 1.80 bits per heavy atom. The van der Waals surface area contributed by atoms with Crippen molar-refractivity contribution in [1.82, 2.24) is 0 Å². The van der Waals surface area contributed by atoms with Crippen LogP contribution in [0.15, 0.2) is 164 Å². The van der Waals surface area contributed by atoms with E-state index >= 15 is 0 Å². The number of nitrogens with zero attached hydrogens (tertiary/aromatic N) is 1. The summed E-state index contributed by atoms with van der Waals surface area (Å²) in [7, 11) is 0. The second-order valence-electron chi connectivity index (χ2n) is 11.4. The van der Waals surface area contributed by atoms with Crippen molar-refractivity contribution < 1.29 is 0 Å². The summed E-state index contributed by atoms with van der Waals surface area (Å²) in [5.74, 6) is 0. The van der Waals surface area contributed by atoms with Gasteiger partial charge in [0.2, 0.25) is 0 Å². The molecule has 9 aromatic rings. The summed E-state index contributed by atoms with van der Waals surface area (Å²) in [6, 6.07) is 59.7. The van der Waals surface area contributed by atoms with Gasteiger partial charge in [-0.1, -0.05) is 121 Å². The second-order valence-corrected chi connectivity index (χ2v) is 12.4. The van der Waals surface area contributed by atoms with Crippen molar-refractivity contribution in [2.45, 2.75) is 0 Å². The molecule has 0 saturated carbocycles. The van der Waals surface area contributed by atoms with Gasteiger partial charge in [-0.05, 0) is 85.9 Å². The van der Waals surface area contributed by atoms with Crippen molar-refractivity contribution in [1.29, 1.82) is 0 Å². The molecular weight excluding hydrogens is 551 g/mol. The van der Waals surface area contributed by atoms with Crippen molar-refractivity contribution in [2.24, 2.45) is 0 Å². The average molecular weight is 578 g/mol. The van der Waals surface area contributed by atoms with Gasteiger partial charge in [-0.3, -0.25) is 0 Å². The van der Waals surface area contributed by atoms with Gasteiger partial charge in [-0.25, -0.2) is 0 Å². The summed E-state index contributed by atoms with van der Waals surface area (Å²) in [5, 5.41) is 10.3. The molecule has 44 heavy (non-hydrogen) atoms. The highest BCUT2D eigenvalue weighted by Gasteiger charge is 2.16. The van der Waals surface area contributed by atoms with Gasteiger partial charge in [0.05, 0.1) is 0 Å². The maximum absolute atomic E-state index is 2.39. The Morgan fingerprint density at radius 2 is 0.932 bits per heavy atom. The van der Waals surface area contributed by atoms with Gasteiger partial charge in [0.15, 0.2) is 0 Å². The minimum Gasteiger partial charge on any atom is -0.310 e. The van der Waals surface area contributed by atoms with Crippen LogP contribution in [0.1, 0.15) is 0 Å². The van der Waals surface area contributed by atoms with Crippen LogP contribution >= 0.6 is 11.3 Å². The van der Waals surface area contributed by atoms with Crippen LogP contribution < -0.4 is 4.90 Å². The highest BCUT2D eigenvalue weighted by Crippen LogP contribution is 2.42. The molecule has 1 nitrogen and oxygen atoms in total. The van der Waals surface area contributed by atoms with E-state index in [1.807, 2.05) is 11.3 Å². The fourth-order valence-corrected chi connectivity index (χ4v) is 7.89. The molecule has 0 spiro atoms. The lowest BCUT2D eigenvalue weighted by molar-refractivity contribution is 1.30. The molecule has 0 saturated heterocycles. The van der Waals surface area contributed by atoms with Crippen LogP contribution in [0.25, 0.3) is 63.6 Å². The Bertz CT molecular complexity index is 2490. The molecular formula is C42H27NS. The van der Waals surface area contributed by atoms with Gasteiger partial charge >= 0.3 is 0 Å². The van der Waals surface area contributed by atoms with Crippen molar-refractivity contribution in [3.05, 3.63) is 164 Å². The van der Waals surface area contributed by atoms with Crippen molar-refractivity contribution in [2.75, 3.05) is 4.90 Å². The van der Waals surface area contributed by atoms with Gasteiger partial charge in [0.25, 0.3) is 0 Å². The number of anilines is 3. The SMILES string of the molecule is c1ccc(-c2ccc(N(c3ccc4c(ccc5c6ccccc6sc45)c3)c3ccc4ccc5ccccc5c4c3)cc2)cc1. The summed E-state index contributed by atoms with van der Waals surface area (Å²) < 4.78 is 2.69. The molecule has 206 valence electrons. The molecule has 9 rings (SSSR count). The molecule has 0 fully saturated rings. The summed E-state index contributed by atoms with van der Waals surface area (Å²) in [6.45, 7) is 0. The normalized spacial score (nSPS) is 11.6. The van der Waals surface area contributed by atoms with E-state index in [0.29, 0.717) is 0 Å². The van der Waals surface area contributed by atoms with Gasteiger partial charge in [-0.15, -0.1) is 11.3 Å². The molecule has 0 bridgehead atoms. The zero-order valence-electron chi connectivity index (χ0n) is 23.9. The quantitative estimate of drug-likeness (QED) is 0.188. The Morgan fingerprint density at radius 1 is 0.341 bits per heavy atom. The van der Waals surface area contributed by atoms with E-state index in [0.717, 1.165) is 17.1 Å². The van der Waals surface area contributed by atoms with Crippen molar-refractivity contribution in [3.63, 3.8) is 0 Å². The third-order valence-electron chi connectivity index (χ3n) is 8.82. The first kappa shape index (κ1) is 25.1. The highest BCUT2D eigenvalue weighted by molar-refractivity contribution is 7.26. The van der Waals surface area contributed by atoms with Crippen LogP contribution in [0.3, 0.4) is 0 Å². The predicted octanol–water partition coefficient (Wildman–Crippen LogP) is 12.7. The molecule has 0 unspecified atom stereocenters. The molecule has 8 aromatic carbocycles. The lowest BCUT2D eigenvalue weighted by Gasteiger charge is -2.26. The van der Waals surface area contributed by atoms with E-state index in [9.17, 15) is 0 Å². The summed E-state index contributed by atoms with van der Waals surface area (Å²) >= 11 is 1.89. The molecule has 0 N–H and O–H groups in total. The van der Waals surface area contributed by atoms with Crippen LogP contribution in [-0.4, -0.2) is 0 Å². The van der Waals surface area contributed by atoms with E-state index < -0.39 is 0 Å².